The largest absolute Gasteiger partial charge is 0.343 e. The van der Waals surface area contributed by atoms with Gasteiger partial charge in [-0.2, -0.15) is 0 Å². The maximum absolute atomic E-state index is 4.67. The summed E-state index contributed by atoms with van der Waals surface area (Å²) in [4.78, 5) is 8.11. The van der Waals surface area contributed by atoms with Gasteiger partial charge in [0.05, 0.1) is 17.4 Å². The molecule has 76 valence electrons. The average molecular weight is 192 g/mol. The molecule has 0 saturated carbocycles. The van der Waals surface area contributed by atoms with Crippen LogP contribution in [0.3, 0.4) is 0 Å². The number of aromatic amines is 1. The molecule has 4 heteroatoms. The second kappa shape index (κ2) is 3.37. The molecule has 4 nitrogen and oxygen atoms in total. The smallest absolute Gasteiger partial charge is 0.123 e. The molecule has 1 unspecified atom stereocenters. The van der Waals surface area contributed by atoms with Gasteiger partial charge in [-0.15, -0.1) is 0 Å². The second-order valence-corrected chi connectivity index (χ2v) is 4.12. The van der Waals surface area contributed by atoms with Crippen molar-refractivity contribution in [1.82, 2.24) is 20.6 Å². The van der Waals surface area contributed by atoms with Gasteiger partial charge in [0.15, 0.2) is 0 Å². The number of nitrogens with one attached hydrogen (secondary N) is 3. The monoisotopic (exact) mass is 192 g/mol. The van der Waals surface area contributed by atoms with Gasteiger partial charge in [-0.1, -0.05) is 0 Å². The molecule has 3 N–H and O–H groups in total. The number of hydrogen-bond acceptors (Lipinski definition) is 3. The zero-order valence-electron chi connectivity index (χ0n) is 8.27. The Kier molecular flexibility index (Phi) is 2.03. The third-order valence-corrected chi connectivity index (χ3v) is 3.11. The highest BCUT2D eigenvalue weighted by Crippen LogP contribution is 2.22. The summed E-state index contributed by atoms with van der Waals surface area (Å²) in [6.45, 7) is 3.15. The van der Waals surface area contributed by atoms with Gasteiger partial charge in [0.25, 0.3) is 0 Å². The Bertz CT molecular complexity index is 301. The Balaban J connectivity index is 1.87. The van der Waals surface area contributed by atoms with E-state index in [1.807, 2.05) is 0 Å². The summed E-state index contributed by atoms with van der Waals surface area (Å²) < 4.78 is 0. The fourth-order valence-corrected chi connectivity index (χ4v) is 2.32. The first-order chi connectivity index (χ1) is 6.93. The van der Waals surface area contributed by atoms with E-state index in [1.165, 1.54) is 24.2 Å². The van der Waals surface area contributed by atoms with Gasteiger partial charge in [0, 0.05) is 19.5 Å². The minimum Gasteiger partial charge on any atom is -0.343 e. The van der Waals surface area contributed by atoms with E-state index >= 15 is 0 Å². The molecule has 14 heavy (non-hydrogen) atoms. The molecule has 0 radical (unpaired) electrons. The summed E-state index contributed by atoms with van der Waals surface area (Å²) in [5.74, 6) is 1.15. The van der Waals surface area contributed by atoms with E-state index in [9.17, 15) is 0 Å². The van der Waals surface area contributed by atoms with Crippen LogP contribution in [0.2, 0.25) is 0 Å². The number of H-pyrrole nitrogens is 1. The Morgan fingerprint density at radius 3 is 3.07 bits per heavy atom. The average Bonchev–Trinajstić information content (AvgIpc) is 2.86. The third kappa shape index (κ3) is 1.35. The van der Waals surface area contributed by atoms with E-state index in [-0.39, 0.29) is 0 Å². The van der Waals surface area contributed by atoms with Crippen LogP contribution in [0.5, 0.6) is 0 Å². The number of aromatic nitrogens is 2. The van der Waals surface area contributed by atoms with Gasteiger partial charge in [-0.05, 0) is 19.4 Å². The predicted molar refractivity (Wildman–Crippen MR) is 54.0 cm³/mol. The Morgan fingerprint density at radius 1 is 1.29 bits per heavy atom. The van der Waals surface area contributed by atoms with Gasteiger partial charge in [0.1, 0.15) is 5.82 Å². The fourth-order valence-electron chi connectivity index (χ4n) is 2.32. The van der Waals surface area contributed by atoms with Gasteiger partial charge < -0.3 is 15.6 Å². The van der Waals surface area contributed by atoms with Crippen molar-refractivity contribution >= 4 is 0 Å². The molecule has 1 fully saturated rings. The van der Waals surface area contributed by atoms with Crippen molar-refractivity contribution in [2.24, 2.45) is 0 Å². The summed E-state index contributed by atoms with van der Waals surface area (Å²) in [5.41, 5.74) is 2.56. The lowest BCUT2D eigenvalue weighted by molar-refractivity contribution is 0.610. The first-order valence-corrected chi connectivity index (χ1v) is 5.45. The Morgan fingerprint density at radius 2 is 2.29 bits per heavy atom. The molecule has 2 aliphatic rings. The van der Waals surface area contributed by atoms with Crippen LogP contribution < -0.4 is 10.6 Å². The molecular weight excluding hydrogens is 176 g/mol. The van der Waals surface area contributed by atoms with Crippen molar-refractivity contribution in [3.63, 3.8) is 0 Å². The van der Waals surface area contributed by atoms with E-state index in [0.29, 0.717) is 6.04 Å². The zero-order valence-corrected chi connectivity index (χ0v) is 8.27. The minimum absolute atomic E-state index is 0.473. The molecule has 1 aromatic rings. The molecule has 0 spiro atoms. The Labute approximate surface area is 83.5 Å². The highest BCUT2D eigenvalue weighted by Gasteiger charge is 2.22. The van der Waals surface area contributed by atoms with Crippen LogP contribution in [0.4, 0.5) is 0 Å². The Hall–Kier alpha value is -0.870. The van der Waals surface area contributed by atoms with E-state index in [2.05, 4.69) is 20.6 Å². The van der Waals surface area contributed by atoms with E-state index in [1.54, 1.807) is 0 Å². The fraction of sp³-hybridized carbons (Fsp3) is 0.700. The van der Waals surface area contributed by atoms with Crippen LogP contribution in [-0.2, 0) is 13.0 Å². The summed E-state index contributed by atoms with van der Waals surface area (Å²) in [5, 5.41) is 6.82. The lowest BCUT2D eigenvalue weighted by atomic mass is 10.2. The van der Waals surface area contributed by atoms with E-state index in [4.69, 9.17) is 0 Å². The number of rotatable bonds is 1. The van der Waals surface area contributed by atoms with Crippen LogP contribution in [0.15, 0.2) is 0 Å². The van der Waals surface area contributed by atoms with Crippen molar-refractivity contribution in [3.8, 4) is 0 Å². The van der Waals surface area contributed by atoms with Crippen molar-refractivity contribution < 1.29 is 0 Å². The van der Waals surface area contributed by atoms with Crippen LogP contribution in [0, 0.1) is 0 Å². The molecule has 3 rings (SSSR count). The number of nitrogens with zero attached hydrogens (tertiary/aromatic N) is 1. The minimum atomic E-state index is 0.473. The molecule has 1 saturated heterocycles. The van der Waals surface area contributed by atoms with Crippen LogP contribution >= 0.6 is 0 Å². The summed E-state index contributed by atoms with van der Waals surface area (Å²) in [6, 6.07) is 0.473. The predicted octanol–water partition coefficient (Wildman–Crippen LogP) is 0.480. The molecule has 0 aromatic carbocycles. The normalized spacial score (nSPS) is 26.4. The maximum atomic E-state index is 4.67. The standard InChI is InChI=1S/C10H16N4/c1-2-8(12-4-1)10-13-7-3-5-11-6-9(7)14-10/h8,11-12H,1-6H2,(H,13,14). The topological polar surface area (TPSA) is 52.7 Å². The molecule has 3 heterocycles. The lowest BCUT2D eigenvalue weighted by Crippen LogP contribution is -2.23. The van der Waals surface area contributed by atoms with Crippen molar-refractivity contribution in [2.45, 2.75) is 31.8 Å². The molecule has 1 aromatic heterocycles. The van der Waals surface area contributed by atoms with E-state index in [0.717, 1.165) is 31.9 Å². The summed E-state index contributed by atoms with van der Waals surface area (Å²) in [7, 11) is 0. The molecular formula is C10H16N4. The lowest BCUT2D eigenvalue weighted by Gasteiger charge is -2.09. The highest BCUT2D eigenvalue weighted by molar-refractivity contribution is 5.19. The first-order valence-electron chi connectivity index (χ1n) is 5.45. The van der Waals surface area contributed by atoms with Gasteiger partial charge in [-0.3, -0.25) is 0 Å². The first kappa shape index (κ1) is 8.44. The molecule has 0 bridgehead atoms. The second-order valence-electron chi connectivity index (χ2n) is 4.12. The quantitative estimate of drug-likeness (QED) is 0.606. The van der Waals surface area contributed by atoms with Crippen LogP contribution in [0.25, 0.3) is 0 Å². The molecule has 0 aliphatic carbocycles. The number of imidazole rings is 1. The van der Waals surface area contributed by atoms with E-state index < -0.39 is 0 Å². The SMILES string of the molecule is C1CNC(c2nc3c([nH]2)CNCC3)C1. The maximum Gasteiger partial charge on any atom is 0.123 e. The van der Waals surface area contributed by atoms with Gasteiger partial charge in [-0.25, -0.2) is 4.98 Å². The van der Waals surface area contributed by atoms with Crippen molar-refractivity contribution in [1.29, 1.82) is 0 Å². The van der Waals surface area contributed by atoms with Crippen LogP contribution in [-0.4, -0.2) is 23.1 Å². The molecule has 1 atom stereocenters. The number of fused-ring (bicyclic) bond motifs is 1. The number of hydrogen-bond donors (Lipinski definition) is 3. The molecule has 0 amide bonds. The van der Waals surface area contributed by atoms with Crippen molar-refractivity contribution in [3.05, 3.63) is 17.2 Å². The highest BCUT2D eigenvalue weighted by atomic mass is 15.1. The zero-order chi connectivity index (χ0) is 9.38. The summed E-state index contributed by atoms with van der Waals surface area (Å²) >= 11 is 0. The third-order valence-electron chi connectivity index (χ3n) is 3.11. The van der Waals surface area contributed by atoms with Crippen molar-refractivity contribution in [2.75, 3.05) is 13.1 Å². The molecule has 2 aliphatic heterocycles. The van der Waals surface area contributed by atoms with Gasteiger partial charge >= 0.3 is 0 Å². The summed E-state index contributed by atoms with van der Waals surface area (Å²) in [6.07, 6.45) is 3.56. The van der Waals surface area contributed by atoms with Crippen LogP contribution in [0.1, 0.15) is 36.1 Å². The van der Waals surface area contributed by atoms with Gasteiger partial charge in [0.2, 0.25) is 0 Å².